The summed E-state index contributed by atoms with van der Waals surface area (Å²) >= 11 is 0. The third-order valence-electron chi connectivity index (χ3n) is 3.38. The van der Waals surface area contributed by atoms with E-state index in [1.165, 1.54) is 7.11 Å². The number of fused-ring (bicyclic) bond motifs is 1. The number of ether oxygens (including phenoxy) is 1. The molecule has 0 unspecified atom stereocenters. The largest absolute Gasteiger partial charge is 0.467 e. The van der Waals surface area contributed by atoms with E-state index in [4.69, 9.17) is 4.74 Å². The molecule has 114 valence electrons. The van der Waals surface area contributed by atoms with Crippen LogP contribution in [0.25, 0.3) is 10.8 Å². The number of rotatable bonds is 5. The zero-order valence-corrected chi connectivity index (χ0v) is 12.8. The van der Waals surface area contributed by atoms with Gasteiger partial charge in [0.2, 0.25) is 0 Å². The first-order valence-corrected chi connectivity index (χ1v) is 7.03. The smallest absolute Gasteiger partial charge is 0.328 e. The van der Waals surface area contributed by atoms with E-state index in [0.717, 1.165) is 16.3 Å². The summed E-state index contributed by atoms with van der Waals surface area (Å²) < 4.78 is 4.74. The predicted octanol–water partition coefficient (Wildman–Crippen LogP) is 3.08. The fraction of sp³-hybridized carbons (Fsp3) is 0.222. The quantitative estimate of drug-likeness (QED) is 0.681. The number of esters is 1. The Balaban J connectivity index is 2.29. The Morgan fingerprint density at radius 2 is 1.86 bits per heavy atom. The lowest BCUT2D eigenvalue weighted by molar-refractivity contribution is -0.142. The molecule has 0 aromatic heterocycles. The molecular weight excluding hydrogens is 278 g/mol. The van der Waals surface area contributed by atoms with Crippen molar-refractivity contribution in [3.8, 4) is 0 Å². The minimum atomic E-state index is -0.728. The number of nitrogens with one attached hydrogen (secondary N) is 1. The minimum Gasteiger partial charge on any atom is -0.467 e. The molecule has 0 radical (unpaired) electrons. The molecule has 2 aromatic rings. The Morgan fingerprint density at radius 1 is 1.18 bits per heavy atom. The van der Waals surface area contributed by atoms with E-state index in [1.807, 2.05) is 36.4 Å². The van der Waals surface area contributed by atoms with Crippen LogP contribution in [0.15, 0.2) is 54.6 Å². The second-order valence-electron chi connectivity index (χ2n) is 5.24. The molecule has 2 aromatic carbocycles. The Hall–Kier alpha value is -2.62. The van der Waals surface area contributed by atoms with Crippen molar-refractivity contribution in [1.82, 2.24) is 5.32 Å². The van der Waals surface area contributed by atoms with Crippen molar-refractivity contribution in [2.75, 3.05) is 7.11 Å². The van der Waals surface area contributed by atoms with Gasteiger partial charge >= 0.3 is 5.97 Å². The van der Waals surface area contributed by atoms with Crippen LogP contribution in [0.5, 0.6) is 0 Å². The predicted molar refractivity (Wildman–Crippen MR) is 86.6 cm³/mol. The first-order valence-electron chi connectivity index (χ1n) is 7.03. The topological polar surface area (TPSA) is 55.4 Å². The van der Waals surface area contributed by atoms with Crippen molar-refractivity contribution in [3.05, 3.63) is 60.2 Å². The van der Waals surface area contributed by atoms with Gasteiger partial charge in [0.1, 0.15) is 6.04 Å². The molecule has 0 fully saturated rings. The summed E-state index contributed by atoms with van der Waals surface area (Å²) in [6, 6.07) is 12.4. The van der Waals surface area contributed by atoms with E-state index < -0.39 is 12.0 Å². The van der Waals surface area contributed by atoms with Crippen molar-refractivity contribution < 1.29 is 14.3 Å². The molecule has 1 amide bonds. The number of hydrogen-bond acceptors (Lipinski definition) is 3. The highest BCUT2D eigenvalue weighted by atomic mass is 16.5. The lowest BCUT2D eigenvalue weighted by Crippen LogP contribution is -2.41. The molecule has 0 saturated carbocycles. The van der Waals surface area contributed by atoms with Crippen LogP contribution in [-0.2, 0) is 9.53 Å². The molecule has 0 heterocycles. The van der Waals surface area contributed by atoms with Crippen LogP contribution in [-0.4, -0.2) is 25.0 Å². The number of carbonyl (C=O) groups is 2. The SMILES string of the molecule is C=C(C)C[C@@H](NC(=O)c1cccc2ccccc12)C(=O)OC. The lowest BCUT2D eigenvalue weighted by atomic mass is 10.0. The van der Waals surface area contributed by atoms with Gasteiger partial charge < -0.3 is 10.1 Å². The minimum absolute atomic E-state index is 0.298. The molecule has 1 N–H and O–H groups in total. The summed E-state index contributed by atoms with van der Waals surface area (Å²) in [5.74, 6) is -0.773. The Morgan fingerprint density at radius 3 is 2.55 bits per heavy atom. The van der Waals surface area contributed by atoms with E-state index in [9.17, 15) is 9.59 Å². The van der Waals surface area contributed by atoms with Crippen molar-refractivity contribution in [2.45, 2.75) is 19.4 Å². The molecule has 0 bridgehead atoms. The third kappa shape index (κ3) is 3.52. The van der Waals surface area contributed by atoms with Crippen molar-refractivity contribution in [1.29, 1.82) is 0 Å². The van der Waals surface area contributed by atoms with Crippen LogP contribution in [0.2, 0.25) is 0 Å². The van der Waals surface area contributed by atoms with Crippen LogP contribution >= 0.6 is 0 Å². The van der Waals surface area contributed by atoms with Gasteiger partial charge in [-0.15, -0.1) is 6.58 Å². The van der Waals surface area contributed by atoms with Crippen molar-refractivity contribution in [2.24, 2.45) is 0 Å². The standard InChI is InChI=1S/C18H19NO3/c1-12(2)11-16(18(21)22-3)19-17(20)15-10-6-8-13-7-4-5-9-14(13)15/h4-10,16H,1,11H2,2-3H3,(H,19,20)/t16-/m1/s1. The monoisotopic (exact) mass is 297 g/mol. The highest BCUT2D eigenvalue weighted by Gasteiger charge is 2.22. The number of carbonyl (C=O) groups excluding carboxylic acids is 2. The van der Waals surface area contributed by atoms with Gasteiger partial charge in [-0.1, -0.05) is 42.0 Å². The van der Waals surface area contributed by atoms with E-state index in [2.05, 4.69) is 11.9 Å². The van der Waals surface area contributed by atoms with Crippen LogP contribution in [0.3, 0.4) is 0 Å². The summed E-state index contributed by atoms with van der Waals surface area (Å²) in [5, 5.41) is 4.56. The summed E-state index contributed by atoms with van der Waals surface area (Å²) in [6.07, 6.45) is 0.350. The zero-order chi connectivity index (χ0) is 16.1. The van der Waals surface area contributed by atoms with Crippen molar-refractivity contribution >= 4 is 22.6 Å². The molecule has 1 atom stereocenters. The molecule has 0 spiro atoms. The number of amides is 1. The van der Waals surface area contributed by atoms with Gasteiger partial charge in [-0.2, -0.15) is 0 Å². The highest BCUT2D eigenvalue weighted by Crippen LogP contribution is 2.18. The van der Waals surface area contributed by atoms with Gasteiger partial charge in [-0.25, -0.2) is 4.79 Å². The Labute approximate surface area is 129 Å². The average Bonchev–Trinajstić information content (AvgIpc) is 2.52. The maximum atomic E-state index is 12.5. The fourth-order valence-corrected chi connectivity index (χ4v) is 2.34. The van der Waals surface area contributed by atoms with Gasteiger partial charge in [0.15, 0.2) is 0 Å². The number of methoxy groups -OCH3 is 1. The lowest BCUT2D eigenvalue weighted by Gasteiger charge is -2.17. The van der Waals surface area contributed by atoms with E-state index in [1.54, 1.807) is 13.0 Å². The van der Waals surface area contributed by atoms with Crippen LogP contribution in [0, 0.1) is 0 Å². The summed E-state index contributed by atoms with van der Waals surface area (Å²) in [6.45, 7) is 5.59. The number of benzene rings is 2. The van der Waals surface area contributed by atoms with Gasteiger partial charge in [0, 0.05) is 5.56 Å². The molecule has 2 rings (SSSR count). The van der Waals surface area contributed by atoms with E-state index in [-0.39, 0.29) is 5.91 Å². The molecule has 0 aliphatic heterocycles. The summed E-state index contributed by atoms with van der Waals surface area (Å²) in [4.78, 5) is 24.3. The Bertz CT molecular complexity index is 716. The van der Waals surface area contributed by atoms with Crippen LogP contribution in [0.4, 0.5) is 0 Å². The number of hydrogen-bond donors (Lipinski definition) is 1. The molecule has 22 heavy (non-hydrogen) atoms. The fourth-order valence-electron chi connectivity index (χ4n) is 2.34. The summed E-state index contributed by atoms with van der Waals surface area (Å²) in [5.41, 5.74) is 1.34. The second-order valence-corrected chi connectivity index (χ2v) is 5.24. The summed E-state index contributed by atoms with van der Waals surface area (Å²) in [7, 11) is 1.30. The van der Waals surface area contributed by atoms with E-state index in [0.29, 0.717) is 12.0 Å². The molecule has 0 saturated heterocycles. The van der Waals surface area contributed by atoms with Crippen LogP contribution in [0.1, 0.15) is 23.7 Å². The maximum Gasteiger partial charge on any atom is 0.328 e. The van der Waals surface area contributed by atoms with Gasteiger partial charge in [0.05, 0.1) is 7.11 Å². The maximum absolute atomic E-state index is 12.5. The zero-order valence-electron chi connectivity index (χ0n) is 12.8. The van der Waals surface area contributed by atoms with Crippen LogP contribution < -0.4 is 5.32 Å². The molecule has 0 aliphatic carbocycles. The van der Waals surface area contributed by atoms with Gasteiger partial charge in [-0.3, -0.25) is 4.79 Å². The molecule has 4 heteroatoms. The first kappa shape index (κ1) is 15.8. The molecular formula is C18H19NO3. The first-order chi connectivity index (χ1) is 10.5. The Kier molecular flexibility index (Phi) is 4.94. The normalized spacial score (nSPS) is 11.7. The second kappa shape index (κ2) is 6.89. The van der Waals surface area contributed by atoms with E-state index >= 15 is 0 Å². The van der Waals surface area contributed by atoms with Gasteiger partial charge in [-0.05, 0) is 30.2 Å². The van der Waals surface area contributed by atoms with Crippen molar-refractivity contribution in [3.63, 3.8) is 0 Å². The third-order valence-corrected chi connectivity index (χ3v) is 3.38. The average molecular weight is 297 g/mol. The van der Waals surface area contributed by atoms with Gasteiger partial charge in [0.25, 0.3) is 5.91 Å². The molecule has 4 nitrogen and oxygen atoms in total. The molecule has 0 aliphatic rings. The highest BCUT2D eigenvalue weighted by molar-refractivity contribution is 6.07.